The summed E-state index contributed by atoms with van der Waals surface area (Å²) in [6.07, 6.45) is 13.2. The summed E-state index contributed by atoms with van der Waals surface area (Å²) < 4.78 is 0. The van der Waals surface area contributed by atoms with Crippen LogP contribution >= 0.6 is 0 Å². The monoisotopic (exact) mass is 732 g/mol. The van der Waals surface area contributed by atoms with Gasteiger partial charge in [0.1, 0.15) is 0 Å². The van der Waals surface area contributed by atoms with Crippen molar-refractivity contribution in [3.63, 3.8) is 0 Å². The van der Waals surface area contributed by atoms with E-state index in [1.807, 2.05) is 5.57 Å². The summed E-state index contributed by atoms with van der Waals surface area (Å²) in [7, 11) is 0. The third kappa shape index (κ3) is 5.77. The van der Waals surface area contributed by atoms with Gasteiger partial charge in [-0.1, -0.05) is 142 Å². The zero-order valence-corrected chi connectivity index (χ0v) is 34.2. The molecule has 5 atom stereocenters. The Kier molecular flexibility index (Phi) is 10.3. The molecule has 5 aliphatic carbocycles. The average Bonchev–Trinajstić information content (AvgIpc) is 3.71. The van der Waals surface area contributed by atoms with E-state index in [2.05, 4.69) is 131 Å². The Morgan fingerprint density at radius 3 is 1.67 bits per heavy atom. The van der Waals surface area contributed by atoms with E-state index in [-0.39, 0.29) is 72.7 Å². The molecule has 0 amide bonds. The first-order valence-corrected chi connectivity index (χ1v) is 17.4. The fraction of sp³-hybridized carbons (Fsp3) is 0.581. The zero-order valence-electron chi connectivity index (χ0n) is 30.2. The molecule has 0 N–H and O–H groups in total. The molecule has 5 aliphatic rings. The van der Waals surface area contributed by atoms with E-state index in [1.165, 1.54) is 47.9 Å². The van der Waals surface area contributed by atoms with Gasteiger partial charge in [-0.05, 0) is 110 Å². The molecule has 46 heavy (non-hydrogen) atoms. The van der Waals surface area contributed by atoms with Gasteiger partial charge in [0, 0.05) is 11.3 Å². The van der Waals surface area contributed by atoms with E-state index >= 15 is 0 Å². The summed E-state index contributed by atoms with van der Waals surface area (Å²) in [6.45, 7) is 26.6. The number of rotatable bonds is 3. The van der Waals surface area contributed by atoms with Gasteiger partial charge in [-0.25, -0.2) is 0 Å². The number of hydrogen-bond donors (Lipinski definition) is 0. The van der Waals surface area contributed by atoms with E-state index in [9.17, 15) is 0 Å². The Morgan fingerprint density at radius 1 is 0.717 bits per heavy atom. The molecule has 0 nitrogen and oxygen atoms in total. The van der Waals surface area contributed by atoms with Crippen LogP contribution in [0.25, 0.3) is 11.1 Å². The average molecular weight is 735 g/mol. The number of benzene rings is 2. The van der Waals surface area contributed by atoms with Crippen LogP contribution in [-0.2, 0) is 37.0 Å². The first kappa shape index (κ1) is 37.9. The minimum absolute atomic E-state index is 0. The predicted octanol–water partition coefficient (Wildman–Crippen LogP) is 5.95. The summed E-state index contributed by atoms with van der Waals surface area (Å²) >= 11 is 0. The van der Waals surface area contributed by atoms with Crippen LogP contribution in [0.2, 0.25) is 0 Å². The van der Waals surface area contributed by atoms with E-state index in [1.54, 1.807) is 22.3 Å². The predicted molar refractivity (Wildman–Crippen MR) is 185 cm³/mol. The summed E-state index contributed by atoms with van der Waals surface area (Å²) in [5.41, 5.74) is 14.9. The summed E-state index contributed by atoms with van der Waals surface area (Å²) in [5, 5.41) is 0. The van der Waals surface area contributed by atoms with Gasteiger partial charge in [-0.15, -0.1) is 0 Å². The number of fused-ring (bicyclic) bond motifs is 5. The van der Waals surface area contributed by atoms with Crippen molar-refractivity contribution in [3.8, 4) is 11.1 Å². The van der Waals surface area contributed by atoms with E-state index in [4.69, 9.17) is 0 Å². The van der Waals surface area contributed by atoms with Crippen LogP contribution in [0.4, 0.5) is 0 Å². The molecule has 0 aromatic heterocycles. The maximum Gasteiger partial charge on any atom is 2.00 e. The molecule has 246 valence electrons. The molecule has 0 heterocycles. The maximum atomic E-state index is 2.74. The first-order valence-electron chi connectivity index (χ1n) is 17.4. The van der Waals surface area contributed by atoms with Crippen molar-refractivity contribution in [3.05, 3.63) is 93.6 Å². The molecule has 5 unspecified atom stereocenters. The van der Waals surface area contributed by atoms with Crippen LogP contribution in [0.5, 0.6) is 0 Å². The van der Waals surface area contributed by atoms with Gasteiger partial charge in [0.05, 0.1) is 0 Å². The normalized spacial score (nSPS) is 28.0. The maximum absolute atomic E-state index is 2.74. The first-order chi connectivity index (χ1) is 20.0. The van der Waals surface area contributed by atoms with Gasteiger partial charge in [0.2, 0.25) is 0 Å². The van der Waals surface area contributed by atoms with Crippen molar-refractivity contribution in [2.75, 3.05) is 0 Å². The van der Waals surface area contributed by atoms with Crippen molar-refractivity contribution in [2.24, 2.45) is 40.4 Å². The molecule has 0 spiro atoms. The molecular formula is C43H56Cl2Zr. The second-order valence-electron chi connectivity index (χ2n) is 18.5. The molecule has 2 aromatic carbocycles. The van der Waals surface area contributed by atoms with Crippen LogP contribution in [0, 0.1) is 40.4 Å². The fourth-order valence-corrected chi connectivity index (χ4v) is 10.0. The largest absolute Gasteiger partial charge is 2.00 e. The van der Waals surface area contributed by atoms with Gasteiger partial charge in [0.25, 0.3) is 0 Å². The smallest absolute Gasteiger partial charge is 1.00 e. The van der Waals surface area contributed by atoms with Gasteiger partial charge in [0.15, 0.2) is 0 Å². The van der Waals surface area contributed by atoms with Gasteiger partial charge >= 0.3 is 26.2 Å². The Bertz CT molecular complexity index is 1520. The van der Waals surface area contributed by atoms with Crippen molar-refractivity contribution < 1.29 is 51.0 Å². The number of allylic oxidation sites excluding steroid dienone is 6. The standard InChI is InChI=1S/C43H56.2ClH.Zr/c1-25(2)43(24-37(33-19-26-12-13-27(33)18-26)36-22-30(23-38(36)43)42(9,10)11)39-31-16-14-28(40(3,4)5)20-34(31)35-21-29(41(6,7)8)15-17-32(35)39;;;/h12-17,20-21,23,25-27,33,37,39H,18-19,22,24H2,1-11H3;2*1H;/q;;;+2/p-2. The van der Waals surface area contributed by atoms with E-state index < -0.39 is 0 Å². The Morgan fingerprint density at radius 2 is 1.26 bits per heavy atom. The molecule has 1 fully saturated rings. The minimum atomic E-state index is 0. The molecule has 0 radical (unpaired) electrons. The minimum Gasteiger partial charge on any atom is -1.00 e. The molecule has 7 rings (SSSR count). The van der Waals surface area contributed by atoms with Crippen LogP contribution in [0.15, 0.2) is 71.3 Å². The summed E-state index contributed by atoms with van der Waals surface area (Å²) in [5.74, 6) is 4.10. The second kappa shape index (κ2) is 12.5. The summed E-state index contributed by atoms with van der Waals surface area (Å²) in [4.78, 5) is 0. The molecular weight excluding hydrogens is 679 g/mol. The molecule has 2 aromatic rings. The Labute approximate surface area is 312 Å². The topological polar surface area (TPSA) is 0 Å². The van der Waals surface area contributed by atoms with Gasteiger partial charge in [-0.3, -0.25) is 0 Å². The van der Waals surface area contributed by atoms with Crippen molar-refractivity contribution in [2.45, 2.75) is 119 Å². The Balaban J connectivity index is 0.00000160. The van der Waals surface area contributed by atoms with E-state index in [0.29, 0.717) is 17.8 Å². The molecule has 2 bridgehead atoms. The van der Waals surface area contributed by atoms with Crippen molar-refractivity contribution >= 4 is 0 Å². The van der Waals surface area contributed by atoms with Crippen LogP contribution in [0.1, 0.15) is 130 Å². The Hall–Kier alpha value is -0.877. The van der Waals surface area contributed by atoms with Crippen molar-refractivity contribution in [1.82, 2.24) is 0 Å². The molecule has 1 saturated carbocycles. The van der Waals surface area contributed by atoms with Gasteiger partial charge < -0.3 is 24.8 Å². The van der Waals surface area contributed by atoms with Crippen molar-refractivity contribution in [1.29, 1.82) is 0 Å². The molecule has 0 saturated heterocycles. The van der Waals surface area contributed by atoms with Crippen LogP contribution in [0.3, 0.4) is 0 Å². The van der Waals surface area contributed by atoms with Crippen LogP contribution in [-0.4, -0.2) is 0 Å². The third-order valence-corrected chi connectivity index (χ3v) is 12.7. The third-order valence-electron chi connectivity index (χ3n) is 12.7. The number of halogens is 2. The quantitative estimate of drug-likeness (QED) is 0.343. The number of hydrogen-bond acceptors (Lipinski definition) is 0. The molecule has 0 aliphatic heterocycles. The summed E-state index contributed by atoms with van der Waals surface area (Å²) in [6, 6.07) is 15.2. The van der Waals surface area contributed by atoms with Gasteiger partial charge in [-0.2, -0.15) is 0 Å². The fourth-order valence-electron chi connectivity index (χ4n) is 10.0. The van der Waals surface area contributed by atoms with Crippen LogP contribution < -0.4 is 24.8 Å². The zero-order chi connectivity index (χ0) is 30.9. The SMILES string of the molecule is CC(C)C1(C2c3ccc(C(C)(C)C)cc3-c3cc(C(C)(C)C)ccc32)CC(C2CC3C=CC2C3)C2=C1C=C(C(C)(C)C)C2.[Cl-].[Cl-].[Zr+2]. The van der Waals surface area contributed by atoms with E-state index in [0.717, 1.165) is 17.8 Å². The second-order valence-corrected chi connectivity index (χ2v) is 18.5. The molecule has 3 heteroatoms.